The van der Waals surface area contributed by atoms with E-state index < -0.39 is 28.5 Å². The number of benzene rings is 3. The molecule has 0 fully saturated rings. The minimum Gasteiger partial charge on any atom is -0.497 e. The van der Waals surface area contributed by atoms with Gasteiger partial charge in [0.1, 0.15) is 29.8 Å². The smallest absolute Gasteiger partial charge is 0.264 e. The Morgan fingerprint density at radius 1 is 0.857 bits per heavy atom. The van der Waals surface area contributed by atoms with Gasteiger partial charge in [-0.05, 0) is 54.8 Å². The molecule has 0 bridgehead atoms. The first-order chi connectivity index (χ1) is 20.2. The van der Waals surface area contributed by atoms with E-state index >= 15 is 0 Å². The molecule has 226 valence electrons. The average molecular weight is 598 g/mol. The highest BCUT2D eigenvalue weighted by atomic mass is 32.2. The third kappa shape index (κ3) is 7.73. The molecule has 1 atom stereocenters. The molecule has 0 radical (unpaired) electrons. The molecule has 1 N–H and O–H groups in total. The number of anilines is 1. The van der Waals surface area contributed by atoms with Gasteiger partial charge in [0, 0.05) is 19.2 Å². The molecule has 42 heavy (non-hydrogen) atoms. The van der Waals surface area contributed by atoms with Crippen molar-refractivity contribution < 1.29 is 32.2 Å². The second-order valence-electron chi connectivity index (χ2n) is 9.45. The van der Waals surface area contributed by atoms with Gasteiger partial charge in [0.05, 0.1) is 31.9 Å². The second-order valence-corrected chi connectivity index (χ2v) is 11.3. The zero-order chi connectivity index (χ0) is 30.7. The van der Waals surface area contributed by atoms with Crippen molar-refractivity contribution in [2.45, 2.75) is 44.2 Å². The number of carbonyl (C=O) groups excluding carboxylic acids is 2. The molecule has 0 heterocycles. The van der Waals surface area contributed by atoms with Crippen LogP contribution in [0, 0.1) is 0 Å². The van der Waals surface area contributed by atoms with E-state index in [2.05, 4.69) is 5.32 Å². The van der Waals surface area contributed by atoms with E-state index in [1.165, 1.54) is 37.3 Å². The maximum atomic E-state index is 14.2. The number of nitrogens with zero attached hydrogens (tertiary/aromatic N) is 2. The van der Waals surface area contributed by atoms with Gasteiger partial charge < -0.3 is 24.4 Å². The summed E-state index contributed by atoms with van der Waals surface area (Å²) >= 11 is 0. The first kappa shape index (κ1) is 32.3. The molecule has 0 aliphatic heterocycles. The van der Waals surface area contributed by atoms with E-state index in [0.717, 1.165) is 16.3 Å². The van der Waals surface area contributed by atoms with Crippen LogP contribution in [-0.2, 0) is 26.2 Å². The highest BCUT2D eigenvalue weighted by molar-refractivity contribution is 7.92. The number of ether oxygens (including phenoxy) is 3. The summed E-state index contributed by atoms with van der Waals surface area (Å²) in [4.78, 5) is 28.9. The number of hydrogen-bond acceptors (Lipinski definition) is 7. The topological polar surface area (TPSA) is 114 Å². The van der Waals surface area contributed by atoms with Crippen molar-refractivity contribution in [1.29, 1.82) is 0 Å². The maximum Gasteiger partial charge on any atom is 0.264 e. The Bertz CT molecular complexity index is 1430. The number of hydrogen-bond donors (Lipinski definition) is 1. The Kier molecular flexibility index (Phi) is 11.6. The number of carbonyl (C=O) groups is 2. The molecule has 3 rings (SSSR count). The molecule has 10 nitrogen and oxygen atoms in total. The molecule has 3 aromatic carbocycles. The van der Waals surface area contributed by atoms with Crippen molar-refractivity contribution in [2.24, 2.45) is 0 Å². The summed E-state index contributed by atoms with van der Waals surface area (Å²) in [6.45, 7) is 3.70. The molecular formula is C31H39N3O7S. The van der Waals surface area contributed by atoms with Gasteiger partial charge >= 0.3 is 0 Å². The summed E-state index contributed by atoms with van der Waals surface area (Å²) in [5.41, 5.74) is 0.879. The van der Waals surface area contributed by atoms with Crippen LogP contribution >= 0.6 is 0 Å². The van der Waals surface area contributed by atoms with Crippen molar-refractivity contribution in [2.75, 3.05) is 38.7 Å². The van der Waals surface area contributed by atoms with E-state index in [1.54, 1.807) is 61.7 Å². The van der Waals surface area contributed by atoms with Gasteiger partial charge in [-0.3, -0.25) is 13.9 Å². The largest absolute Gasteiger partial charge is 0.497 e. The highest BCUT2D eigenvalue weighted by Crippen LogP contribution is 2.36. The summed E-state index contributed by atoms with van der Waals surface area (Å²) < 4.78 is 45.3. The molecule has 0 spiro atoms. The average Bonchev–Trinajstić information content (AvgIpc) is 3.02. The van der Waals surface area contributed by atoms with Gasteiger partial charge in [-0.15, -0.1) is 0 Å². The lowest BCUT2D eigenvalue weighted by Crippen LogP contribution is -2.52. The fourth-order valence-corrected chi connectivity index (χ4v) is 5.88. The van der Waals surface area contributed by atoms with Crippen LogP contribution in [0.4, 0.5) is 5.69 Å². The van der Waals surface area contributed by atoms with E-state index in [9.17, 15) is 18.0 Å². The molecule has 1 unspecified atom stereocenters. The number of rotatable bonds is 15. The fourth-order valence-electron chi connectivity index (χ4n) is 4.44. The molecule has 0 aliphatic carbocycles. The predicted molar refractivity (Wildman–Crippen MR) is 161 cm³/mol. The number of nitrogens with one attached hydrogen (secondary N) is 1. The van der Waals surface area contributed by atoms with Crippen LogP contribution in [0.25, 0.3) is 0 Å². The first-order valence-electron chi connectivity index (χ1n) is 13.7. The van der Waals surface area contributed by atoms with Crippen LogP contribution in [0.3, 0.4) is 0 Å². The van der Waals surface area contributed by atoms with Crippen LogP contribution in [-0.4, -0.2) is 65.6 Å². The molecule has 0 aromatic heterocycles. The molecule has 2 amide bonds. The monoisotopic (exact) mass is 597 g/mol. The van der Waals surface area contributed by atoms with E-state index in [-0.39, 0.29) is 28.8 Å². The number of methoxy groups -OCH3 is 3. The highest BCUT2D eigenvalue weighted by Gasteiger charge is 2.35. The van der Waals surface area contributed by atoms with E-state index in [1.807, 2.05) is 13.8 Å². The number of sulfonamides is 1. The molecule has 3 aromatic rings. The van der Waals surface area contributed by atoms with Crippen LogP contribution in [0.2, 0.25) is 0 Å². The summed E-state index contributed by atoms with van der Waals surface area (Å²) in [7, 11) is 0.185. The Morgan fingerprint density at radius 2 is 1.50 bits per heavy atom. The quantitative estimate of drug-likeness (QED) is 0.279. The third-order valence-corrected chi connectivity index (χ3v) is 8.49. The van der Waals surface area contributed by atoms with Gasteiger partial charge in [0.25, 0.3) is 10.0 Å². The lowest BCUT2D eigenvalue weighted by atomic mass is 10.1. The molecule has 0 saturated carbocycles. The van der Waals surface area contributed by atoms with Crippen molar-refractivity contribution in [3.8, 4) is 17.2 Å². The molecule has 0 saturated heterocycles. The van der Waals surface area contributed by atoms with Crippen molar-refractivity contribution in [3.05, 3.63) is 78.4 Å². The summed E-state index contributed by atoms with van der Waals surface area (Å²) in [6, 6.07) is 18.9. The Morgan fingerprint density at radius 3 is 2.07 bits per heavy atom. The minimum atomic E-state index is -4.26. The zero-order valence-corrected chi connectivity index (χ0v) is 25.5. The minimum absolute atomic E-state index is 0.00268. The normalized spacial score (nSPS) is 11.7. The van der Waals surface area contributed by atoms with Crippen molar-refractivity contribution >= 4 is 27.5 Å². The zero-order valence-electron chi connectivity index (χ0n) is 24.7. The molecule has 0 aliphatic rings. The summed E-state index contributed by atoms with van der Waals surface area (Å²) in [6.07, 6.45) is 1.05. The Hall–Kier alpha value is -4.25. The predicted octanol–water partition coefficient (Wildman–Crippen LogP) is 4.24. The Labute approximate surface area is 248 Å². The van der Waals surface area contributed by atoms with Gasteiger partial charge in [-0.25, -0.2) is 8.42 Å². The first-order valence-corrected chi connectivity index (χ1v) is 15.1. The fraction of sp³-hybridized carbons (Fsp3) is 0.355. The van der Waals surface area contributed by atoms with Gasteiger partial charge in [0.2, 0.25) is 11.8 Å². The van der Waals surface area contributed by atoms with Crippen LogP contribution < -0.4 is 23.8 Å². The van der Waals surface area contributed by atoms with Crippen LogP contribution in [0.15, 0.2) is 77.7 Å². The van der Waals surface area contributed by atoms with Crippen LogP contribution in [0.1, 0.15) is 32.3 Å². The van der Waals surface area contributed by atoms with E-state index in [0.29, 0.717) is 24.5 Å². The van der Waals surface area contributed by atoms with E-state index in [4.69, 9.17) is 14.2 Å². The van der Waals surface area contributed by atoms with Gasteiger partial charge in [-0.2, -0.15) is 0 Å². The maximum absolute atomic E-state index is 14.2. The van der Waals surface area contributed by atoms with Crippen molar-refractivity contribution in [1.82, 2.24) is 10.2 Å². The lowest BCUT2D eigenvalue weighted by molar-refractivity contribution is -0.140. The summed E-state index contributed by atoms with van der Waals surface area (Å²) in [5.74, 6) is 0.394. The van der Waals surface area contributed by atoms with Crippen LogP contribution in [0.5, 0.6) is 17.2 Å². The lowest BCUT2D eigenvalue weighted by Gasteiger charge is -2.33. The standard InChI is InChI=1S/C31H39N3O7S/c1-6-19-32-31(36)27(7-2)33(21-23-13-15-24(39-3)16-14-23)30(35)22-34(42(37,38)26-11-9-8-10-12-26)28-20-25(40-4)17-18-29(28)41-5/h8-18,20,27H,6-7,19,21-22H2,1-5H3,(H,32,36). The van der Waals surface area contributed by atoms with Gasteiger partial charge in [-0.1, -0.05) is 44.2 Å². The van der Waals surface area contributed by atoms with Crippen molar-refractivity contribution in [3.63, 3.8) is 0 Å². The molecular weight excluding hydrogens is 558 g/mol. The third-order valence-electron chi connectivity index (χ3n) is 6.71. The summed E-state index contributed by atoms with van der Waals surface area (Å²) in [5, 5.41) is 2.88. The number of amides is 2. The Balaban J connectivity index is 2.12. The second kappa shape index (κ2) is 15.1. The SMILES string of the molecule is CCCNC(=O)C(CC)N(Cc1ccc(OC)cc1)C(=O)CN(c1cc(OC)ccc1OC)S(=O)(=O)c1ccccc1. The van der Waals surface area contributed by atoms with Gasteiger partial charge in [0.15, 0.2) is 0 Å². The molecule has 11 heteroatoms.